The third-order valence-electron chi connectivity index (χ3n) is 4.25. The Hall–Kier alpha value is -2.04. The lowest BCUT2D eigenvalue weighted by Gasteiger charge is -2.37. The van der Waals surface area contributed by atoms with Gasteiger partial charge in [0, 0.05) is 7.05 Å². The molecule has 140 valence electrons. The van der Waals surface area contributed by atoms with Crippen molar-refractivity contribution in [2.45, 2.75) is 32.0 Å². The van der Waals surface area contributed by atoms with Crippen LogP contribution in [-0.2, 0) is 11.8 Å². The highest BCUT2D eigenvalue weighted by Crippen LogP contribution is 2.48. The minimum atomic E-state index is -1.57. The summed E-state index contributed by atoms with van der Waals surface area (Å²) in [5.41, 5.74) is 0.887. The summed E-state index contributed by atoms with van der Waals surface area (Å²) in [7, 11) is 1.87. The van der Waals surface area contributed by atoms with Crippen molar-refractivity contribution in [1.82, 2.24) is 4.78 Å². The average Bonchev–Trinajstić information content (AvgIpc) is 2.66. The normalized spacial score (nSPS) is 12.9. The molecule has 0 aliphatic rings. The standard InChI is InChI=1S/C19H25N2O3PS/c1-4-19(5-2,24-18-12-10-17(23)11-13-18)25(26)21(3)20-14-15-6-8-16(22)9-7-15/h6-14,22-23,25H,4-5H2,1-3H3. The van der Waals surface area contributed by atoms with E-state index in [1.165, 1.54) is 0 Å². The lowest BCUT2D eigenvalue weighted by molar-refractivity contribution is 0.146. The van der Waals surface area contributed by atoms with Crippen molar-refractivity contribution in [3.05, 3.63) is 54.1 Å². The number of ether oxygens (including phenoxy) is 1. The van der Waals surface area contributed by atoms with E-state index < -0.39 is 12.2 Å². The van der Waals surface area contributed by atoms with Crippen molar-refractivity contribution in [3.8, 4) is 17.2 Å². The molecule has 26 heavy (non-hydrogen) atoms. The molecule has 1 atom stereocenters. The molecule has 2 N–H and O–H groups in total. The highest BCUT2D eigenvalue weighted by Gasteiger charge is 2.34. The number of aromatic hydroxyl groups is 2. The largest absolute Gasteiger partial charge is 0.508 e. The van der Waals surface area contributed by atoms with Crippen LogP contribution < -0.4 is 4.74 Å². The van der Waals surface area contributed by atoms with E-state index >= 15 is 0 Å². The molecule has 2 rings (SSSR count). The highest BCUT2D eigenvalue weighted by atomic mass is 32.4. The van der Waals surface area contributed by atoms with Gasteiger partial charge in [0.05, 0.1) is 13.1 Å². The summed E-state index contributed by atoms with van der Waals surface area (Å²) in [4.78, 5) is 0. The molecule has 0 aromatic heterocycles. The van der Waals surface area contributed by atoms with E-state index in [0.717, 1.165) is 18.4 Å². The maximum Gasteiger partial charge on any atom is 0.152 e. The zero-order chi connectivity index (χ0) is 19.2. The van der Waals surface area contributed by atoms with Crippen molar-refractivity contribution in [1.29, 1.82) is 0 Å². The van der Waals surface area contributed by atoms with Gasteiger partial charge in [-0.3, -0.25) is 4.78 Å². The van der Waals surface area contributed by atoms with Crippen molar-refractivity contribution >= 4 is 24.9 Å². The Morgan fingerprint density at radius 1 is 1.04 bits per heavy atom. The van der Waals surface area contributed by atoms with E-state index in [0.29, 0.717) is 5.75 Å². The number of nitrogens with zero attached hydrogens (tertiary/aromatic N) is 2. The fraction of sp³-hybridized carbons (Fsp3) is 0.316. The van der Waals surface area contributed by atoms with E-state index in [1.54, 1.807) is 54.7 Å². The smallest absolute Gasteiger partial charge is 0.152 e. The van der Waals surface area contributed by atoms with Crippen LogP contribution in [-0.4, -0.2) is 33.6 Å². The van der Waals surface area contributed by atoms with Gasteiger partial charge in [-0.05, 0) is 66.9 Å². The first-order valence-electron chi connectivity index (χ1n) is 8.49. The molecule has 0 radical (unpaired) electrons. The molecule has 7 heteroatoms. The van der Waals surface area contributed by atoms with Crippen molar-refractivity contribution in [2.24, 2.45) is 5.10 Å². The molecule has 0 saturated heterocycles. The molecular formula is C19H25N2O3PS. The number of hydrazone groups is 1. The second-order valence-corrected chi connectivity index (χ2v) is 9.29. The van der Waals surface area contributed by atoms with Crippen LogP contribution in [0.4, 0.5) is 0 Å². The maximum atomic E-state index is 9.45. The lowest BCUT2D eigenvalue weighted by atomic mass is 10.2. The second kappa shape index (κ2) is 9.06. The van der Waals surface area contributed by atoms with Crippen LogP contribution in [0.2, 0.25) is 0 Å². The van der Waals surface area contributed by atoms with Gasteiger partial charge in [0.2, 0.25) is 0 Å². The number of hydrogen-bond donors (Lipinski definition) is 2. The molecule has 0 fully saturated rings. The Kier molecular flexibility index (Phi) is 7.06. The fourth-order valence-corrected chi connectivity index (χ4v) is 5.24. The predicted molar refractivity (Wildman–Crippen MR) is 111 cm³/mol. The molecule has 2 aromatic carbocycles. The molecule has 0 aliphatic carbocycles. The number of benzene rings is 2. The first-order valence-corrected chi connectivity index (χ1v) is 11.1. The van der Waals surface area contributed by atoms with E-state index in [2.05, 4.69) is 18.9 Å². The van der Waals surface area contributed by atoms with Gasteiger partial charge in [-0.2, -0.15) is 5.10 Å². The molecule has 1 unspecified atom stereocenters. The molecule has 5 nitrogen and oxygen atoms in total. The molecule has 2 aromatic rings. The number of phenolic OH excluding ortho intramolecular Hbond substituents is 2. The maximum absolute atomic E-state index is 9.45. The Balaban J connectivity index is 2.17. The average molecular weight is 392 g/mol. The first kappa shape index (κ1) is 20.3. The Morgan fingerprint density at radius 3 is 2.04 bits per heavy atom. The summed E-state index contributed by atoms with van der Waals surface area (Å²) >= 11 is 5.85. The van der Waals surface area contributed by atoms with E-state index in [4.69, 9.17) is 16.5 Å². The summed E-state index contributed by atoms with van der Waals surface area (Å²) in [6.07, 6.45) is 3.26. The molecule has 0 spiro atoms. The third kappa shape index (κ3) is 4.99. The summed E-state index contributed by atoms with van der Waals surface area (Å²) < 4.78 is 8.11. The van der Waals surface area contributed by atoms with Gasteiger partial charge in [0.25, 0.3) is 0 Å². The molecule has 0 saturated carbocycles. The quantitative estimate of drug-likeness (QED) is 0.392. The molecular weight excluding hydrogens is 367 g/mol. The zero-order valence-corrected chi connectivity index (χ0v) is 17.0. The van der Waals surface area contributed by atoms with E-state index in [1.807, 2.05) is 11.8 Å². The van der Waals surface area contributed by atoms with Gasteiger partial charge >= 0.3 is 0 Å². The Morgan fingerprint density at radius 2 is 1.54 bits per heavy atom. The minimum absolute atomic E-state index is 0.204. The predicted octanol–water partition coefficient (Wildman–Crippen LogP) is 4.55. The van der Waals surface area contributed by atoms with Crippen LogP contribution in [0.15, 0.2) is 53.6 Å². The van der Waals surface area contributed by atoms with Gasteiger partial charge in [-0.15, -0.1) is 0 Å². The lowest BCUT2D eigenvalue weighted by Crippen LogP contribution is -2.33. The molecule has 0 bridgehead atoms. The number of rotatable bonds is 8. The van der Waals surface area contributed by atoms with Crippen LogP contribution in [0.1, 0.15) is 32.3 Å². The zero-order valence-electron chi connectivity index (χ0n) is 15.2. The van der Waals surface area contributed by atoms with Crippen molar-refractivity contribution < 1.29 is 14.9 Å². The summed E-state index contributed by atoms with van der Waals surface area (Å²) in [6.45, 7) is 2.57. The van der Waals surface area contributed by atoms with Gasteiger partial charge in [0.15, 0.2) is 5.34 Å². The van der Waals surface area contributed by atoms with E-state index in [9.17, 15) is 10.2 Å². The highest BCUT2D eigenvalue weighted by molar-refractivity contribution is 8.04. The SMILES string of the molecule is CCC(CC)(Oc1ccc(O)cc1)[PH](=S)N(C)N=Cc1ccc(O)cc1. The monoisotopic (exact) mass is 392 g/mol. The number of phenols is 2. The molecule has 0 aliphatic heterocycles. The minimum Gasteiger partial charge on any atom is -0.508 e. The first-order chi connectivity index (χ1) is 12.4. The Labute approximate surface area is 160 Å². The van der Waals surface area contributed by atoms with Crippen LogP contribution in [0, 0.1) is 0 Å². The van der Waals surface area contributed by atoms with Gasteiger partial charge < -0.3 is 14.9 Å². The Bertz CT molecular complexity index is 759. The molecule has 0 amide bonds. The topological polar surface area (TPSA) is 65.3 Å². The summed E-state index contributed by atoms with van der Waals surface area (Å²) in [6, 6.07) is 13.5. The third-order valence-corrected chi connectivity index (χ3v) is 8.45. The van der Waals surface area contributed by atoms with E-state index in [-0.39, 0.29) is 11.5 Å². The van der Waals surface area contributed by atoms with Gasteiger partial charge in [-0.25, -0.2) is 0 Å². The van der Waals surface area contributed by atoms with Gasteiger partial charge in [-0.1, -0.05) is 25.7 Å². The van der Waals surface area contributed by atoms with Crippen molar-refractivity contribution in [2.75, 3.05) is 7.05 Å². The second-order valence-electron chi connectivity index (χ2n) is 5.96. The van der Waals surface area contributed by atoms with Crippen LogP contribution in [0.3, 0.4) is 0 Å². The molecule has 0 heterocycles. The van der Waals surface area contributed by atoms with Gasteiger partial charge in [0.1, 0.15) is 17.2 Å². The van der Waals surface area contributed by atoms with Crippen LogP contribution >= 0.6 is 6.85 Å². The van der Waals surface area contributed by atoms with Crippen LogP contribution in [0.5, 0.6) is 17.2 Å². The van der Waals surface area contributed by atoms with Crippen LogP contribution in [0.25, 0.3) is 0 Å². The summed E-state index contributed by atoms with van der Waals surface area (Å²) in [5, 5.41) is 22.8. The van der Waals surface area contributed by atoms with Crippen molar-refractivity contribution in [3.63, 3.8) is 0 Å². The summed E-state index contributed by atoms with van der Waals surface area (Å²) in [5.74, 6) is 1.12. The number of hydrogen-bond acceptors (Lipinski definition) is 5. The fourth-order valence-electron chi connectivity index (χ4n) is 2.54.